The van der Waals surface area contributed by atoms with Crippen LogP contribution in [0.15, 0.2) is 70.1 Å². The molecule has 4 aromatic rings. The number of hydrogen-bond donors (Lipinski definition) is 0. The molecule has 5 rings (SSSR count). The second kappa shape index (κ2) is 8.14. The average molecular weight is 456 g/mol. The Kier molecular flexibility index (Phi) is 5.40. The van der Waals surface area contributed by atoms with E-state index in [1.165, 1.54) is 33.0 Å². The molecule has 2 aromatic carbocycles. The van der Waals surface area contributed by atoms with Crippen LogP contribution in [0, 0.1) is 5.92 Å². The summed E-state index contributed by atoms with van der Waals surface area (Å²) in [6.07, 6.45) is 7.37. The summed E-state index contributed by atoms with van der Waals surface area (Å²) >= 11 is 1.45. The third-order valence-electron chi connectivity index (χ3n) is 7.43. The van der Waals surface area contributed by atoms with E-state index in [-0.39, 0.29) is 11.0 Å². The summed E-state index contributed by atoms with van der Waals surface area (Å²) in [5.74, 6) is 1.03. The first-order valence-corrected chi connectivity index (χ1v) is 12.7. The number of hydrogen-bond acceptors (Lipinski definition) is 4. The molecule has 2 atom stereocenters. The fourth-order valence-electron chi connectivity index (χ4n) is 5.18. The van der Waals surface area contributed by atoms with Crippen molar-refractivity contribution >= 4 is 34.3 Å². The zero-order valence-electron chi connectivity index (χ0n) is 19.8. The second-order valence-corrected chi connectivity index (χ2v) is 10.4. The Bertz CT molecular complexity index is 1520. The van der Waals surface area contributed by atoms with E-state index in [0.717, 1.165) is 17.0 Å². The van der Waals surface area contributed by atoms with Crippen molar-refractivity contribution in [2.75, 3.05) is 6.26 Å². The lowest BCUT2D eigenvalue weighted by atomic mass is 9.75. The largest absolute Gasteiger partial charge is 0.280 e. The van der Waals surface area contributed by atoms with Gasteiger partial charge in [-0.3, -0.25) is 4.79 Å². The number of benzene rings is 2. The van der Waals surface area contributed by atoms with Gasteiger partial charge in [0.2, 0.25) is 5.16 Å². The summed E-state index contributed by atoms with van der Waals surface area (Å²) in [5.41, 5.74) is 4.65. The molecule has 33 heavy (non-hydrogen) atoms. The highest BCUT2D eigenvalue weighted by Crippen LogP contribution is 2.45. The van der Waals surface area contributed by atoms with Gasteiger partial charge >= 0.3 is 0 Å². The molecular weight excluding hydrogens is 426 g/mol. The van der Waals surface area contributed by atoms with E-state index in [1.807, 2.05) is 30.5 Å². The smallest absolute Gasteiger partial charge is 0.267 e. The second-order valence-electron chi connectivity index (χ2n) is 9.64. The molecule has 0 aliphatic heterocycles. The summed E-state index contributed by atoms with van der Waals surface area (Å²) < 4.78 is 1.46. The Morgan fingerprint density at radius 1 is 1.03 bits per heavy atom. The summed E-state index contributed by atoms with van der Waals surface area (Å²) in [4.78, 5) is 17.7. The highest BCUT2D eigenvalue weighted by Gasteiger charge is 2.34. The minimum atomic E-state index is -0.121. The summed E-state index contributed by atoms with van der Waals surface area (Å²) in [6.45, 7) is 9.34. The van der Waals surface area contributed by atoms with Gasteiger partial charge in [0.1, 0.15) is 0 Å². The third-order valence-corrected chi connectivity index (χ3v) is 7.96. The van der Waals surface area contributed by atoms with E-state index < -0.39 is 0 Å². The van der Waals surface area contributed by atoms with E-state index in [9.17, 15) is 4.79 Å². The fraction of sp³-hybridized carbons (Fsp3) is 0.321. The topological polar surface area (TPSA) is 47.3 Å². The molecule has 4 nitrogen and oxygen atoms in total. The summed E-state index contributed by atoms with van der Waals surface area (Å²) in [5, 5.41) is 7.58. The Morgan fingerprint density at radius 3 is 2.48 bits per heavy atom. The monoisotopic (exact) mass is 455 g/mol. The zero-order valence-corrected chi connectivity index (χ0v) is 20.6. The Hall–Kier alpha value is -2.92. The van der Waals surface area contributed by atoms with Crippen LogP contribution < -0.4 is 10.8 Å². The number of pyridine rings is 1. The number of fused-ring (bicyclic) bond motifs is 3. The fourth-order valence-corrected chi connectivity index (χ4v) is 5.52. The van der Waals surface area contributed by atoms with Crippen molar-refractivity contribution in [1.82, 2.24) is 14.6 Å². The Balaban J connectivity index is 1.80. The lowest BCUT2D eigenvalue weighted by Gasteiger charge is -2.29. The van der Waals surface area contributed by atoms with E-state index in [1.54, 1.807) is 0 Å². The van der Waals surface area contributed by atoms with Gasteiger partial charge in [0.15, 0.2) is 5.65 Å². The van der Waals surface area contributed by atoms with Crippen molar-refractivity contribution in [1.29, 1.82) is 0 Å². The van der Waals surface area contributed by atoms with Crippen LogP contribution in [-0.4, -0.2) is 20.9 Å². The third kappa shape index (κ3) is 3.50. The van der Waals surface area contributed by atoms with Crippen molar-refractivity contribution in [2.24, 2.45) is 5.92 Å². The molecular formula is C28H29N3OS. The van der Waals surface area contributed by atoms with Crippen LogP contribution >= 0.6 is 11.8 Å². The molecule has 2 aromatic heterocycles. The maximum absolute atomic E-state index is 13.1. The van der Waals surface area contributed by atoms with Crippen LogP contribution in [0.3, 0.4) is 0 Å². The molecule has 0 saturated carbocycles. The van der Waals surface area contributed by atoms with Gasteiger partial charge in [0.25, 0.3) is 5.56 Å². The van der Waals surface area contributed by atoms with Gasteiger partial charge in [-0.15, -0.1) is 5.10 Å². The maximum Gasteiger partial charge on any atom is 0.280 e. The molecule has 0 fully saturated rings. The maximum atomic E-state index is 13.1. The van der Waals surface area contributed by atoms with Crippen molar-refractivity contribution in [2.45, 2.75) is 50.6 Å². The Labute approximate surface area is 198 Å². The minimum absolute atomic E-state index is 0.0885. The minimum Gasteiger partial charge on any atom is -0.267 e. The standard InChI is InChI=1S/C28H29N3OS/c1-17-16-19(28(3,4)24-13-9-8-10-20(24)18(17)2)14-15-22-21-11-6-7-12-23(21)26(32)31-25(22)29-27(30-31)33-5/h6-15,17-18H,16H2,1-5H3. The normalized spacial score (nSPS) is 22.1. The van der Waals surface area contributed by atoms with Crippen LogP contribution in [0.2, 0.25) is 0 Å². The van der Waals surface area contributed by atoms with Crippen LogP contribution in [0.25, 0.3) is 22.5 Å². The van der Waals surface area contributed by atoms with Crippen LogP contribution in [0.4, 0.5) is 0 Å². The molecule has 0 bridgehead atoms. The molecule has 168 valence electrons. The number of aromatic nitrogens is 3. The number of rotatable bonds is 2. The summed E-state index contributed by atoms with van der Waals surface area (Å²) in [6, 6.07) is 16.6. The molecule has 1 aliphatic rings. The molecule has 0 N–H and O–H groups in total. The highest BCUT2D eigenvalue weighted by atomic mass is 32.2. The highest BCUT2D eigenvalue weighted by molar-refractivity contribution is 7.98. The first-order valence-electron chi connectivity index (χ1n) is 11.5. The van der Waals surface area contributed by atoms with Gasteiger partial charge in [-0.25, -0.2) is 4.98 Å². The molecule has 1 aliphatic carbocycles. The van der Waals surface area contributed by atoms with E-state index >= 15 is 0 Å². The molecule has 0 spiro atoms. The van der Waals surface area contributed by atoms with Gasteiger partial charge < -0.3 is 0 Å². The van der Waals surface area contributed by atoms with Crippen molar-refractivity contribution in [3.63, 3.8) is 0 Å². The quantitative estimate of drug-likeness (QED) is 0.295. The molecule has 0 radical (unpaired) electrons. The first-order chi connectivity index (χ1) is 15.8. The van der Waals surface area contributed by atoms with E-state index in [2.05, 4.69) is 74.2 Å². The summed E-state index contributed by atoms with van der Waals surface area (Å²) in [7, 11) is 0. The van der Waals surface area contributed by atoms with Gasteiger partial charge in [-0.1, -0.05) is 99.6 Å². The molecule has 2 heterocycles. The zero-order chi connectivity index (χ0) is 23.3. The SMILES string of the molecule is CSc1nc2c(=CC=C3CC(C)C(C)c4ccccc4C3(C)C)c3ccccc3c(=O)n2n1. The molecule has 5 heteroatoms. The molecule has 2 unspecified atom stereocenters. The van der Waals surface area contributed by atoms with Crippen LogP contribution in [0.1, 0.15) is 51.2 Å². The van der Waals surface area contributed by atoms with Crippen molar-refractivity contribution < 1.29 is 0 Å². The van der Waals surface area contributed by atoms with Gasteiger partial charge in [-0.2, -0.15) is 4.52 Å². The Morgan fingerprint density at radius 2 is 1.73 bits per heavy atom. The van der Waals surface area contributed by atoms with Gasteiger partial charge in [0.05, 0.1) is 0 Å². The van der Waals surface area contributed by atoms with E-state index in [0.29, 0.717) is 28.0 Å². The van der Waals surface area contributed by atoms with Crippen molar-refractivity contribution in [3.8, 4) is 0 Å². The van der Waals surface area contributed by atoms with E-state index in [4.69, 9.17) is 0 Å². The average Bonchev–Trinajstić information content (AvgIpc) is 3.24. The first kappa shape index (κ1) is 21.9. The lowest BCUT2D eigenvalue weighted by molar-refractivity contribution is 0.478. The predicted molar refractivity (Wildman–Crippen MR) is 138 cm³/mol. The number of allylic oxidation sites excluding steroid dienone is 2. The lowest BCUT2D eigenvalue weighted by Crippen LogP contribution is -2.23. The predicted octanol–water partition coefficient (Wildman–Crippen LogP) is 5.51. The van der Waals surface area contributed by atoms with Crippen LogP contribution in [0.5, 0.6) is 0 Å². The van der Waals surface area contributed by atoms with Crippen LogP contribution in [-0.2, 0) is 5.41 Å². The van der Waals surface area contributed by atoms with Crippen molar-refractivity contribution in [3.05, 3.63) is 86.9 Å². The van der Waals surface area contributed by atoms with Gasteiger partial charge in [-0.05, 0) is 47.1 Å². The number of thioether (sulfide) groups is 1. The molecule has 0 saturated heterocycles. The molecule has 0 amide bonds. The number of nitrogens with zero attached hydrogens (tertiary/aromatic N) is 3. The van der Waals surface area contributed by atoms with Gasteiger partial charge in [0, 0.05) is 16.0 Å².